The summed E-state index contributed by atoms with van der Waals surface area (Å²) in [5.41, 5.74) is 2.99. The average molecular weight is 488 g/mol. The smallest absolute Gasteiger partial charge is 0.344 e. The lowest BCUT2D eigenvalue weighted by Gasteiger charge is -2.18. The molecule has 0 aliphatic heterocycles. The van der Waals surface area contributed by atoms with Gasteiger partial charge >= 0.3 is 5.97 Å². The fourth-order valence-electron chi connectivity index (χ4n) is 2.99. The highest BCUT2D eigenvalue weighted by Gasteiger charge is 2.23. The number of esters is 1. The monoisotopic (exact) mass is 487 g/mol. The molecule has 0 saturated heterocycles. The normalized spacial score (nSPS) is 12.1. The maximum atomic E-state index is 12.6. The van der Waals surface area contributed by atoms with Gasteiger partial charge in [0.15, 0.2) is 12.7 Å². The summed E-state index contributed by atoms with van der Waals surface area (Å²) in [6.07, 6.45) is -0.943. The number of carbonyl (C=O) groups is 2. The molecular formula is C24H25NO6S2. The van der Waals surface area contributed by atoms with Crippen LogP contribution in [0.4, 0.5) is 5.69 Å². The third kappa shape index (κ3) is 5.80. The van der Waals surface area contributed by atoms with Gasteiger partial charge in [-0.1, -0.05) is 18.2 Å². The van der Waals surface area contributed by atoms with Crippen molar-refractivity contribution in [3.63, 3.8) is 0 Å². The standard InChI is InChI=1S/C24H25NO6S2/c1-16-7-8-19(14-17(16)2)24(27)18(3)31-22(26)15-30-21-11-9-20(10-12-21)25(4)33(28,29)23-6-5-13-32-23/h5-14,18H,15H2,1-4H3. The topological polar surface area (TPSA) is 90.0 Å². The number of carbonyl (C=O) groups excluding carboxylic acids is 2. The second kappa shape index (κ2) is 10.2. The zero-order chi connectivity index (χ0) is 24.2. The van der Waals surface area contributed by atoms with Crippen LogP contribution < -0.4 is 9.04 Å². The van der Waals surface area contributed by atoms with Crippen molar-refractivity contribution in [2.75, 3.05) is 18.0 Å². The molecule has 2 aromatic carbocycles. The number of Topliss-reactive ketones (excluding diaryl/α,β-unsaturated/α-hetero) is 1. The molecule has 0 saturated carbocycles. The van der Waals surface area contributed by atoms with Gasteiger partial charge in [0.1, 0.15) is 9.96 Å². The first-order valence-corrected chi connectivity index (χ1v) is 12.5. The molecule has 0 aliphatic carbocycles. The largest absolute Gasteiger partial charge is 0.482 e. The van der Waals surface area contributed by atoms with E-state index in [2.05, 4.69) is 0 Å². The van der Waals surface area contributed by atoms with Crippen LogP contribution in [-0.2, 0) is 19.6 Å². The number of hydrogen-bond acceptors (Lipinski definition) is 7. The van der Waals surface area contributed by atoms with Crippen LogP contribution in [0.3, 0.4) is 0 Å². The lowest BCUT2D eigenvalue weighted by atomic mass is 10.0. The van der Waals surface area contributed by atoms with E-state index in [-0.39, 0.29) is 16.6 Å². The molecule has 0 bridgehead atoms. The van der Waals surface area contributed by atoms with Crippen LogP contribution in [0.15, 0.2) is 64.2 Å². The van der Waals surface area contributed by atoms with Gasteiger partial charge in [-0.05, 0) is 73.7 Å². The SMILES string of the molecule is Cc1ccc(C(=O)C(C)OC(=O)COc2ccc(N(C)S(=O)(=O)c3cccs3)cc2)cc1C. The Morgan fingerprint density at radius 1 is 1.03 bits per heavy atom. The van der Waals surface area contributed by atoms with E-state index >= 15 is 0 Å². The van der Waals surface area contributed by atoms with Gasteiger partial charge in [0.2, 0.25) is 5.78 Å². The van der Waals surface area contributed by atoms with E-state index in [1.807, 2.05) is 19.9 Å². The molecule has 1 unspecified atom stereocenters. The Hall–Kier alpha value is -3.17. The molecule has 0 amide bonds. The predicted octanol–water partition coefficient (Wildman–Crippen LogP) is 4.38. The van der Waals surface area contributed by atoms with Gasteiger partial charge in [0.25, 0.3) is 10.0 Å². The molecule has 1 heterocycles. The Morgan fingerprint density at radius 3 is 2.33 bits per heavy atom. The molecule has 3 aromatic rings. The summed E-state index contributed by atoms with van der Waals surface area (Å²) in [4.78, 5) is 24.7. The minimum absolute atomic E-state index is 0.248. The number of hydrogen-bond donors (Lipinski definition) is 0. The van der Waals surface area contributed by atoms with Crippen molar-refractivity contribution in [2.24, 2.45) is 0 Å². The fraction of sp³-hybridized carbons (Fsp3) is 0.250. The summed E-state index contributed by atoms with van der Waals surface area (Å²) >= 11 is 1.14. The molecule has 0 N–H and O–H groups in total. The van der Waals surface area contributed by atoms with E-state index in [1.54, 1.807) is 53.9 Å². The number of anilines is 1. The van der Waals surface area contributed by atoms with E-state index in [4.69, 9.17) is 9.47 Å². The number of sulfonamides is 1. The molecule has 7 nitrogen and oxygen atoms in total. The summed E-state index contributed by atoms with van der Waals surface area (Å²) in [5.74, 6) is -0.599. The molecule has 3 rings (SSSR count). The van der Waals surface area contributed by atoms with Crippen molar-refractivity contribution >= 4 is 38.8 Å². The Bertz CT molecular complexity index is 1230. The fourth-order valence-corrected chi connectivity index (χ4v) is 5.35. The minimum Gasteiger partial charge on any atom is -0.482 e. The van der Waals surface area contributed by atoms with Gasteiger partial charge in [0.05, 0.1) is 5.69 Å². The predicted molar refractivity (Wildman–Crippen MR) is 128 cm³/mol. The molecule has 1 aromatic heterocycles. The van der Waals surface area contributed by atoms with E-state index in [9.17, 15) is 18.0 Å². The van der Waals surface area contributed by atoms with Crippen molar-refractivity contribution in [1.82, 2.24) is 0 Å². The van der Waals surface area contributed by atoms with Crippen molar-refractivity contribution in [3.8, 4) is 5.75 Å². The number of nitrogens with zero attached hydrogens (tertiary/aromatic N) is 1. The highest BCUT2D eigenvalue weighted by Crippen LogP contribution is 2.26. The van der Waals surface area contributed by atoms with Crippen molar-refractivity contribution in [1.29, 1.82) is 0 Å². The molecule has 174 valence electrons. The molecule has 9 heteroatoms. The number of ether oxygens (including phenoxy) is 2. The average Bonchev–Trinajstić information content (AvgIpc) is 3.35. The van der Waals surface area contributed by atoms with Crippen LogP contribution in [-0.4, -0.2) is 39.9 Å². The Kier molecular flexibility index (Phi) is 7.55. The van der Waals surface area contributed by atoms with E-state index < -0.39 is 22.1 Å². The summed E-state index contributed by atoms with van der Waals surface area (Å²) < 4.78 is 37.3. The molecule has 33 heavy (non-hydrogen) atoms. The second-order valence-corrected chi connectivity index (χ2v) is 10.6. The van der Waals surface area contributed by atoms with Crippen LogP contribution in [0.25, 0.3) is 0 Å². The van der Waals surface area contributed by atoms with Crippen molar-refractivity contribution < 1.29 is 27.5 Å². The Balaban J connectivity index is 1.55. The second-order valence-electron chi connectivity index (χ2n) is 7.48. The first-order valence-electron chi connectivity index (χ1n) is 10.2. The summed E-state index contributed by atoms with van der Waals surface area (Å²) in [5, 5.41) is 1.70. The lowest BCUT2D eigenvalue weighted by Crippen LogP contribution is -2.27. The van der Waals surface area contributed by atoms with Crippen LogP contribution in [0.5, 0.6) is 5.75 Å². The van der Waals surface area contributed by atoms with E-state index in [0.29, 0.717) is 17.0 Å². The number of rotatable bonds is 9. The van der Waals surface area contributed by atoms with Gasteiger partial charge in [-0.15, -0.1) is 11.3 Å². The Morgan fingerprint density at radius 2 is 1.73 bits per heavy atom. The lowest BCUT2D eigenvalue weighted by molar-refractivity contribution is -0.148. The summed E-state index contributed by atoms with van der Waals surface area (Å²) in [7, 11) is -2.16. The van der Waals surface area contributed by atoms with E-state index in [0.717, 1.165) is 22.5 Å². The van der Waals surface area contributed by atoms with Gasteiger partial charge in [0, 0.05) is 12.6 Å². The molecule has 0 fully saturated rings. The highest BCUT2D eigenvalue weighted by molar-refractivity contribution is 7.94. The third-order valence-electron chi connectivity index (χ3n) is 5.14. The van der Waals surface area contributed by atoms with Gasteiger partial charge in [-0.2, -0.15) is 0 Å². The van der Waals surface area contributed by atoms with Crippen LogP contribution >= 0.6 is 11.3 Å². The van der Waals surface area contributed by atoms with Crippen LogP contribution in [0.1, 0.15) is 28.4 Å². The third-order valence-corrected chi connectivity index (χ3v) is 8.29. The molecule has 1 atom stereocenters. The van der Waals surface area contributed by atoms with Crippen molar-refractivity contribution in [3.05, 3.63) is 76.7 Å². The van der Waals surface area contributed by atoms with Gasteiger partial charge in [-0.3, -0.25) is 9.10 Å². The zero-order valence-corrected chi connectivity index (χ0v) is 20.4. The minimum atomic E-state index is -3.63. The maximum Gasteiger partial charge on any atom is 0.344 e. The van der Waals surface area contributed by atoms with Crippen molar-refractivity contribution in [2.45, 2.75) is 31.1 Å². The van der Waals surface area contributed by atoms with E-state index in [1.165, 1.54) is 18.3 Å². The number of thiophene rings is 1. The first-order chi connectivity index (χ1) is 15.6. The van der Waals surface area contributed by atoms with Crippen LogP contribution in [0, 0.1) is 13.8 Å². The number of aryl methyl sites for hydroxylation is 2. The summed E-state index contributed by atoms with van der Waals surface area (Å²) in [6.45, 7) is 5.01. The molecular weight excluding hydrogens is 462 g/mol. The highest BCUT2D eigenvalue weighted by atomic mass is 32.2. The number of benzene rings is 2. The van der Waals surface area contributed by atoms with Gasteiger partial charge < -0.3 is 9.47 Å². The zero-order valence-electron chi connectivity index (χ0n) is 18.8. The Labute approximate surface area is 197 Å². The summed E-state index contributed by atoms with van der Waals surface area (Å²) in [6, 6.07) is 14.9. The molecule has 0 spiro atoms. The maximum absolute atomic E-state index is 12.6. The quantitative estimate of drug-likeness (QED) is 0.329. The number of ketones is 1. The molecule has 0 aliphatic rings. The molecule has 0 radical (unpaired) electrons. The van der Waals surface area contributed by atoms with Gasteiger partial charge in [-0.25, -0.2) is 13.2 Å². The first kappa shape index (κ1) is 24.5. The van der Waals surface area contributed by atoms with Crippen LogP contribution in [0.2, 0.25) is 0 Å².